The lowest BCUT2D eigenvalue weighted by atomic mass is 9.86. The van der Waals surface area contributed by atoms with E-state index in [9.17, 15) is 19.8 Å². The Morgan fingerprint density at radius 2 is 1.35 bits per heavy atom. The predicted octanol–water partition coefficient (Wildman–Crippen LogP) is 6.46. The molecule has 2 N–H and O–H groups in total. The van der Waals surface area contributed by atoms with E-state index >= 15 is 0 Å². The van der Waals surface area contributed by atoms with Crippen LogP contribution in [0.3, 0.4) is 0 Å². The van der Waals surface area contributed by atoms with Crippen molar-refractivity contribution in [3.63, 3.8) is 0 Å². The summed E-state index contributed by atoms with van der Waals surface area (Å²) in [4.78, 5) is 29.3. The fraction of sp³-hybridized carbons (Fsp3) is 0.548. The second kappa shape index (κ2) is 15.1. The van der Waals surface area contributed by atoms with Gasteiger partial charge >= 0.3 is 11.9 Å². The van der Waals surface area contributed by atoms with Gasteiger partial charge in [0.1, 0.15) is 11.5 Å². The molecule has 0 bridgehead atoms. The molecular formula is C31H42Cl2N2O5. The standard InChI is InChI=1S/C31H40N2O5.2ClH/c34-30(35)23-11-12-27-24(19-23)20-26-25(10-8-18-33-15-5-2-6-16-33)29(31(36)37)22(21-28(26)38-27)9-7-17-32-13-3-1-4-14-32;;/h11-12,19,21H,1-10,13-18,20H2,(H,34,35)(H,36,37);2*1H. The first-order valence-electron chi connectivity index (χ1n) is 14.4. The van der Waals surface area contributed by atoms with Crippen molar-refractivity contribution in [3.05, 3.63) is 57.6 Å². The molecule has 0 unspecified atom stereocenters. The molecule has 0 saturated carbocycles. The smallest absolute Gasteiger partial charge is 0.336 e. The third-order valence-electron chi connectivity index (χ3n) is 8.42. The summed E-state index contributed by atoms with van der Waals surface area (Å²) >= 11 is 0. The van der Waals surface area contributed by atoms with Crippen molar-refractivity contribution in [2.45, 2.75) is 70.6 Å². The molecule has 3 aliphatic heterocycles. The summed E-state index contributed by atoms with van der Waals surface area (Å²) in [6.45, 7) is 6.46. The molecule has 7 nitrogen and oxygen atoms in total. The van der Waals surface area contributed by atoms with E-state index in [4.69, 9.17) is 4.74 Å². The van der Waals surface area contributed by atoms with Gasteiger partial charge in [0.2, 0.25) is 0 Å². The SMILES string of the molecule is Cl.Cl.O=C(O)c1ccc2c(c1)Cc1c(cc(CCCN3CCCCC3)c(C(=O)O)c1CCCN1CCCCC1)O2. The number of carboxylic acids is 2. The Labute approximate surface area is 249 Å². The first kappa shape index (κ1) is 32.2. The van der Waals surface area contributed by atoms with Crippen LogP contribution in [0.15, 0.2) is 24.3 Å². The molecule has 0 aliphatic carbocycles. The molecular weight excluding hydrogens is 551 g/mol. The lowest BCUT2D eigenvalue weighted by molar-refractivity contribution is 0.0684. The van der Waals surface area contributed by atoms with Gasteiger partial charge in [0.25, 0.3) is 0 Å². The zero-order valence-corrected chi connectivity index (χ0v) is 24.8. The maximum Gasteiger partial charge on any atom is 0.336 e. The van der Waals surface area contributed by atoms with E-state index in [0.717, 1.165) is 80.1 Å². The number of carboxylic acid groups (broad SMARTS) is 2. The Kier molecular flexibility index (Phi) is 12.1. The number of benzene rings is 2. The van der Waals surface area contributed by atoms with Gasteiger partial charge in [-0.3, -0.25) is 0 Å². The number of likely N-dealkylation sites (tertiary alicyclic amines) is 2. The molecule has 40 heavy (non-hydrogen) atoms. The minimum atomic E-state index is -0.976. The van der Waals surface area contributed by atoms with E-state index in [2.05, 4.69) is 9.80 Å². The molecule has 2 aromatic rings. The molecule has 5 rings (SSSR count). The van der Waals surface area contributed by atoms with Crippen LogP contribution in [0.4, 0.5) is 0 Å². The predicted molar refractivity (Wildman–Crippen MR) is 161 cm³/mol. The zero-order chi connectivity index (χ0) is 26.5. The molecule has 2 fully saturated rings. The highest BCUT2D eigenvalue weighted by Gasteiger charge is 2.28. The quantitative estimate of drug-likeness (QED) is 0.279. The van der Waals surface area contributed by atoms with Crippen LogP contribution in [0.25, 0.3) is 0 Å². The number of nitrogens with zero attached hydrogens (tertiary/aromatic N) is 2. The van der Waals surface area contributed by atoms with E-state index in [-0.39, 0.29) is 30.4 Å². The number of halogens is 2. The molecule has 0 aromatic heterocycles. The van der Waals surface area contributed by atoms with Crippen LogP contribution in [0.2, 0.25) is 0 Å². The molecule has 2 aromatic carbocycles. The number of hydrogen-bond donors (Lipinski definition) is 2. The van der Waals surface area contributed by atoms with Gasteiger partial charge < -0.3 is 24.7 Å². The third-order valence-corrected chi connectivity index (χ3v) is 8.42. The van der Waals surface area contributed by atoms with E-state index in [1.807, 2.05) is 6.07 Å². The van der Waals surface area contributed by atoms with Gasteiger partial charge in [-0.25, -0.2) is 9.59 Å². The van der Waals surface area contributed by atoms with Crippen LogP contribution in [0, 0.1) is 0 Å². The van der Waals surface area contributed by atoms with Crippen LogP contribution in [0.1, 0.15) is 94.3 Å². The first-order valence-corrected chi connectivity index (χ1v) is 14.4. The third kappa shape index (κ3) is 7.69. The maximum absolute atomic E-state index is 12.7. The van der Waals surface area contributed by atoms with Crippen molar-refractivity contribution in [1.82, 2.24) is 9.80 Å². The van der Waals surface area contributed by atoms with Crippen LogP contribution < -0.4 is 4.74 Å². The van der Waals surface area contributed by atoms with E-state index < -0.39 is 11.9 Å². The van der Waals surface area contributed by atoms with Crippen molar-refractivity contribution in [1.29, 1.82) is 0 Å². The summed E-state index contributed by atoms with van der Waals surface area (Å²) in [6.07, 6.45) is 11.2. The van der Waals surface area contributed by atoms with Crippen LogP contribution in [-0.2, 0) is 19.3 Å². The number of hydrogen-bond acceptors (Lipinski definition) is 5. The number of fused-ring (bicyclic) bond motifs is 2. The Balaban J connectivity index is 0.00000220. The maximum atomic E-state index is 12.7. The second-order valence-corrected chi connectivity index (χ2v) is 11.1. The molecule has 2 saturated heterocycles. The van der Waals surface area contributed by atoms with Crippen LogP contribution in [-0.4, -0.2) is 71.2 Å². The van der Waals surface area contributed by atoms with Crippen molar-refractivity contribution in [3.8, 4) is 11.5 Å². The molecule has 0 amide bonds. The summed E-state index contributed by atoms with van der Waals surface area (Å²) in [5, 5.41) is 19.9. The van der Waals surface area contributed by atoms with Gasteiger partial charge in [0.15, 0.2) is 0 Å². The molecule has 9 heteroatoms. The number of ether oxygens (including phenoxy) is 1. The van der Waals surface area contributed by atoms with Gasteiger partial charge in [-0.15, -0.1) is 24.8 Å². The number of aromatic carboxylic acids is 2. The zero-order valence-electron chi connectivity index (χ0n) is 23.2. The van der Waals surface area contributed by atoms with E-state index in [1.165, 1.54) is 38.5 Å². The minimum absolute atomic E-state index is 0. The molecule has 220 valence electrons. The highest BCUT2D eigenvalue weighted by Crippen LogP contribution is 2.42. The van der Waals surface area contributed by atoms with Crippen LogP contribution >= 0.6 is 24.8 Å². The summed E-state index contributed by atoms with van der Waals surface area (Å²) in [5.74, 6) is -0.468. The van der Waals surface area contributed by atoms with Crippen molar-refractivity contribution >= 4 is 36.8 Å². The first-order chi connectivity index (χ1) is 18.5. The Morgan fingerprint density at radius 3 is 1.93 bits per heavy atom. The number of aryl methyl sites for hydroxylation is 1. The summed E-state index contributed by atoms with van der Waals surface area (Å²) in [7, 11) is 0. The van der Waals surface area contributed by atoms with Gasteiger partial charge in [-0.2, -0.15) is 0 Å². The van der Waals surface area contributed by atoms with Crippen LogP contribution in [0.5, 0.6) is 11.5 Å². The lowest BCUT2D eigenvalue weighted by Crippen LogP contribution is -2.31. The van der Waals surface area contributed by atoms with Crippen molar-refractivity contribution in [2.75, 3.05) is 39.3 Å². The van der Waals surface area contributed by atoms with Gasteiger partial charge in [0, 0.05) is 17.5 Å². The van der Waals surface area contributed by atoms with Crippen molar-refractivity contribution in [2.24, 2.45) is 0 Å². The molecule has 0 spiro atoms. The number of rotatable bonds is 10. The highest BCUT2D eigenvalue weighted by molar-refractivity contribution is 5.93. The molecule has 3 heterocycles. The Morgan fingerprint density at radius 1 is 0.750 bits per heavy atom. The topological polar surface area (TPSA) is 90.3 Å². The second-order valence-electron chi connectivity index (χ2n) is 11.1. The molecule has 3 aliphatic rings. The summed E-state index contributed by atoms with van der Waals surface area (Å²) in [6, 6.07) is 6.89. The number of carbonyl (C=O) groups is 2. The fourth-order valence-electron chi connectivity index (χ4n) is 6.43. The monoisotopic (exact) mass is 592 g/mol. The minimum Gasteiger partial charge on any atom is -0.478 e. The average molecular weight is 594 g/mol. The fourth-order valence-corrected chi connectivity index (χ4v) is 6.43. The van der Waals surface area contributed by atoms with Crippen molar-refractivity contribution < 1.29 is 24.5 Å². The normalized spacial score (nSPS) is 17.0. The van der Waals surface area contributed by atoms with Gasteiger partial charge in [-0.05, 0) is 126 Å². The summed E-state index contributed by atoms with van der Waals surface area (Å²) in [5.41, 5.74) is 4.07. The Bertz CT molecular complexity index is 1180. The Hall–Kier alpha value is -2.32. The van der Waals surface area contributed by atoms with E-state index in [0.29, 0.717) is 30.6 Å². The average Bonchev–Trinajstić information content (AvgIpc) is 2.92. The highest BCUT2D eigenvalue weighted by atomic mass is 35.5. The van der Waals surface area contributed by atoms with Gasteiger partial charge in [0.05, 0.1) is 11.1 Å². The van der Waals surface area contributed by atoms with Gasteiger partial charge in [-0.1, -0.05) is 12.8 Å². The van der Waals surface area contributed by atoms with E-state index in [1.54, 1.807) is 18.2 Å². The lowest BCUT2D eigenvalue weighted by Gasteiger charge is -2.28. The number of piperidine rings is 2. The molecule has 0 atom stereocenters. The summed E-state index contributed by atoms with van der Waals surface area (Å²) < 4.78 is 6.31. The molecule has 0 radical (unpaired) electrons. The largest absolute Gasteiger partial charge is 0.478 e.